The van der Waals surface area contributed by atoms with Gasteiger partial charge >= 0.3 is 11.9 Å². The van der Waals surface area contributed by atoms with Crippen molar-refractivity contribution in [2.24, 2.45) is 0 Å². The molecule has 0 spiro atoms. The fraction of sp³-hybridized carbons (Fsp3) is 0.800. The quantitative estimate of drug-likeness (QED) is 0.497. The molecule has 0 aliphatic carbocycles. The van der Waals surface area contributed by atoms with E-state index in [4.69, 9.17) is 4.74 Å². The molecule has 1 amide bonds. The third kappa shape index (κ3) is 1.66. The van der Waals surface area contributed by atoms with Crippen molar-refractivity contribution in [3.05, 3.63) is 0 Å². The Balaban J connectivity index is 2.87. The maximum atomic E-state index is 11.7. The number of hydrogen-bond donors (Lipinski definition) is 0. The predicted molar refractivity (Wildman–Crippen MR) is 51.4 cm³/mol. The molecule has 0 N–H and O–H groups in total. The summed E-state index contributed by atoms with van der Waals surface area (Å²) in [5.41, 5.74) is 0. The summed E-state index contributed by atoms with van der Waals surface area (Å²) in [6.07, 6.45) is 2.11. The highest BCUT2D eigenvalue weighted by Gasteiger charge is 2.47. The van der Waals surface area contributed by atoms with E-state index in [0.717, 1.165) is 13.0 Å². The number of likely N-dealkylation sites (tertiary alicyclic amines) is 1. The van der Waals surface area contributed by atoms with E-state index in [1.165, 1.54) is 7.11 Å². The van der Waals surface area contributed by atoms with E-state index in [0.29, 0.717) is 12.8 Å². The summed E-state index contributed by atoms with van der Waals surface area (Å²) in [6.45, 7) is 2.67. The van der Waals surface area contributed by atoms with Crippen LogP contribution < -0.4 is 0 Å². The number of nitrogens with zero attached hydrogens (tertiary/aromatic N) is 1. The molecule has 1 aliphatic rings. The lowest BCUT2D eigenvalue weighted by molar-refractivity contribution is -0.843. The van der Waals surface area contributed by atoms with Gasteiger partial charge in [-0.1, -0.05) is 6.92 Å². The summed E-state index contributed by atoms with van der Waals surface area (Å²) >= 11 is 0. The molecule has 14 heavy (non-hydrogen) atoms. The zero-order valence-electron chi connectivity index (χ0n) is 9.08. The SMILES string of the molecule is CC[C@@H](C(=O)OC)[N+]1(C)CCCC1=O. The van der Waals surface area contributed by atoms with Gasteiger partial charge < -0.3 is 4.74 Å². The average Bonchev–Trinajstić information content (AvgIpc) is 2.48. The summed E-state index contributed by atoms with van der Waals surface area (Å²) in [6, 6.07) is -0.324. The Morgan fingerprint density at radius 2 is 2.29 bits per heavy atom. The van der Waals surface area contributed by atoms with E-state index in [1.807, 2.05) is 14.0 Å². The van der Waals surface area contributed by atoms with Gasteiger partial charge in [0.05, 0.1) is 27.1 Å². The van der Waals surface area contributed by atoms with Crippen LogP contribution in [0.2, 0.25) is 0 Å². The Kier molecular flexibility index (Phi) is 3.26. The van der Waals surface area contributed by atoms with Crippen LogP contribution in [-0.4, -0.2) is 43.1 Å². The van der Waals surface area contributed by atoms with Crippen LogP contribution in [0.1, 0.15) is 26.2 Å². The smallest absolute Gasteiger partial charge is 0.365 e. The number of carbonyl (C=O) groups excluding carboxylic acids is 2. The lowest BCUT2D eigenvalue weighted by atomic mass is 10.1. The van der Waals surface area contributed by atoms with Gasteiger partial charge in [-0.3, -0.25) is 4.48 Å². The second-order valence-corrected chi connectivity index (χ2v) is 3.94. The van der Waals surface area contributed by atoms with Crippen LogP contribution in [-0.2, 0) is 14.3 Å². The Bertz CT molecular complexity index is 252. The van der Waals surface area contributed by atoms with Gasteiger partial charge in [0.25, 0.3) is 0 Å². The first-order valence-corrected chi connectivity index (χ1v) is 5.02. The zero-order chi connectivity index (χ0) is 10.8. The number of methoxy groups -OCH3 is 1. The summed E-state index contributed by atoms with van der Waals surface area (Å²) in [7, 11) is 3.21. The molecule has 0 saturated carbocycles. The van der Waals surface area contributed by atoms with Gasteiger partial charge in [0.2, 0.25) is 0 Å². The van der Waals surface area contributed by atoms with Crippen molar-refractivity contribution in [3.8, 4) is 0 Å². The number of esters is 1. The van der Waals surface area contributed by atoms with Crippen molar-refractivity contribution in [1.29, 1.82) is 0 Å². The third-order valence-electron chi connectivity index (χ3n) is 3.13. The van der Waals surface area contributed by atoms with E-state index in [-0.39, 0.29) is 22.4 Å². The van der Waals surface area contributed by atoms with Gasteiger partial charge in [0.15, 0.2) is 6.04 Å². The Labute approximate surface area is 84.4 Å². The molecule has 4 heteroatoms. The minimum atomic E-state index is -0.324. The van der Waals surface area contributed by atoms with Crippen molar-refractivity contribution in [2.75, 3.05) is 20.7 Å². The minimum absolute atomic E-state index is 0.155. The van der Waals surface area contributed by atoms with E-state index in [1.54, 1.807) is 0 Å². The molecule has 0 aromatic carbocycles. The van der Waals surface area contributed by atoms with Crippen LogP contribution in [0.15, 0.2) is 0 Å². The fourth-order valence-corrected chi connectivity index (χ4v) is 2.21. The molecular formula is C10H18NO3+. The fourth-order valence-electron chi connectivity index (χ4n) is 2.21. The predicted octanol–water partition coefficient (Wildman–Crippen LogP) is 0.705. The highest BCUT2D eigenvalue weighted by molar-refractivity contribution is 5.79. The molecule has 1 fully saturated rings. The largest absolute Gasteiger partial charge is 0.465 e. The summed E-state index contributed by atoms with van der Waals surface area (Å²) < 4.78 is 4.95. The highest BCUT2D eigenvalue weighted by Crippen LogP contribution is 2.24. The Morgan fingerprint density at radius 1 is 1.64 bits per heavy atom. The number of ether oxygens (including phenoxy) is 1. The first kappa shape index (κ1) is 11.2. The van der Waals surface area contributed by atoms with Gasteiger partial charge in [0.1, 0.15) is 0 Å². The van der Waals surface area contributed by atoms with Crippen molar-refractivity contribution >= 4 is 11.9 Å². The number of amides is 1. The van der Waals surface area contributed by atoms with Gasteiger partial charge in [-0.05, 0) is 0 Å². The van der Waals surface area contributed by atoms with Crippen molar-refractivity contribution < 1.29 is 18.8 Å². The lowest BCUT2D eigenvalue weighted by Crippen LogP contribution is -2.56. The molecule has 0 aromatic rings. The second-order valence-electron chi connectivity index (χ2n) is 3.94. The van der Waals surface area contributed by atoms with Crippen LogP contribution in [0.3, 0.4) is 0 Å². The van der Waals surface area contributed by atoms with E-state index in [9.17, 15) is 9.59 Å². The number of likely N-dealkylation sites (N-methyl/N-ethyl adjacent to an activating group) is 1. The van der Waals surface area contributed by atoms with E-state index >= 15 is 0 Å². The Morgan fingerprint density at radius 3 is 2.64 bits per heavy atom. The molecule has 1 saturated heterocycles. The molecule has 1 heterocycles. The molecule has 1 unspecified atom stereocenters. The third-order valence-corrected chi connectivity index (χ3v) is 3.13. The van der Waals surface area contributed by atoms with Crippen molar-refractivity contribution in [3.63, 3.8) is 0 Å². The standard InChI is InChI=1S/C10H18NO3/c1-4-8(10(13)14-3)11(2)7-5-6-9(11)12/h8H,4-7H2,1-3H3/q+1/t8-,11?/m0/s1. The molecular weight excluding hydrogens is 182 g/mol. The van der Waals surface area contributed by atoms with Crippen LogP contribution in [0.5, 0.6) is 0 Å². The molecule has 1 rings (SSSR count). The van der Waals surface area contributed by atoms with Gasteiger partial charge in [-0.25, -0.2) is 9.59 Å². The van der Waals surface area contributed by atoms with Crippen LogP contribution >= 0.6 is 0 Å². The van der Waals surface area contributed by atoms with E-state index in [2.05, 4.69) is 0 Å². The Hall–Kier alpha value is -0.900. The van der Waals surface area contributed by atoms with E-state index < -0.39 is 0 Å². The number of hydrogen-bond acceptors (Lipinski definition) is 3. The average molecular weight is 200 g/mol. The van der Waals surface area contributed by atoms with Crippen molar-refractivity contribution in [2.45, 2.75) is 32.2 Å². The highest BCUT2D eigenvalue weighted by atomic mass is 16.5. The monoisotopic (exact) mass is 200 g/mol. The van der Waals surface area contributed by atoms with Crippen LogP contribution in [0.4, 0.5) is 0 Å². The minimum Gasteiger partial charge on any atom is -0.465 e. The topological polar surface area (TPSA) is 43.4 Å². The number of carbonyl (C=O) groups is 2. The molecule has 4 nitrogen and oxygen atoms in total. The summed E-state index contributed by atoms with van der Waals surface area (Å²) in [5.74, 6) is -0.118. The summed E-state index contributed by atoms with van der Waals surface area (Å²) in [4.78, 5) is 23.2. The zero-order valence-corrected chi connectivity index (χ0v) is 9.08. The molecule has 2 atom stereocenters. The molecule has 80 valence electrons. The molecule has 1 aliphatic heterocycles. The van der Waals surface area contributed by atoms with Crippen LogP contribution in [0.25, 0.3) is 0 Å². The van der Waals surface area contributed by atoms with Gasteiger partial charge in [-0.2, -0.15) is 0 Å². The van der Waals surface area contributed by atoms with Crippen molar-refractivity contribution in [1.82, 2.24) is 0 Å². The molecule has 0 radical (unpaired) electrons. The summed E-state index contributed by atoms with van der Waals surface area (Å²) in [5, 5.41) is 0. The van der Waals surface area contributed by atoms with Gasteiger partial charge in [0, 0.05) is 12.8 Å². The second kappa shape index (κ2) is 4.09. The normalized spacial score (nSPS) is 28.9. The van der Waals surface area contributed by atoms with Crippen LogP contribution in [0, 0.1) is 0 Å². The number of quaternary nitrogens is 1. The first-order valence-electron chi connectivity index (χ1n) is 5.02. The maximum Gasteiger partial charge on any atom is 0.365 e. The molecule has 0 bridgehead atoms. The molecule has 0 aromatic heterocycles. The lowest BCUT2D eigenvalue weighted by Gasteiger charge is -2.32. The maximum absolute atomic E-state index is 11.7. The van der Waals surface area contributed by atoms with Gasteiger partial charge in [-0.15, -0.1) is 0 Å². The number of rotatable bonds is 3. The first-order chi connectivity index (χ1) is 6.56.